The van der Waals surface area contributed by atoms with Crippen LogP contribution in [-0.2, 0) is 9.63 Å². The van der Waals surface area contributed by atoms with Gasteiger partial charge >= 0.3 is 6.61 Å². The van der Waals surface area contributed by atoms with E-state index in [9.17, 15) is 13.6 Å². The summed E-state index contributed by atoms with van der Waals surface area (Å²) in [6.07, 6.45) is 3.10. The summed E-state index contributed by atoms with van der Waals surface area (Å²) >= 11 is 0. The second-order valence-corrected chi connectivity index (χ2v) is 4.54. The summed E-state index contributed by atoms with van der Waals surface area (Å²) in [5.41, 5.74) is 0.641. The van der Waals surface area contributed by atoms with Crippen LogP contribution in [0.2, 0.25) is 0 Å². The number of hydrogen-bond acceptors (Lipinski definition) is 4. The highest BCUT2D eigenvalue weighted by Gasteiger charge is 2.08. The van der Waals surface area contributed by atoms with E-state index >= 15 is 0 Å². The highest BCUT2D eigenvalue weighted by atomic mass is 19.3. The third-order valence-corrected chi connectivity index (χ3v) is 2.93. The van der Waals surface area contributed by atoms with E-state index < -0.39 is 6.61 Å². The summed E-state index contributed by atoms with van der Waals surface area (Å²) in [5.74, 6) is -0.163. The molecular formula is C15H20F2N2O3. The first-order chi connectivity index (χ1) is 10.5. The van der Waals surface area contributed by atoms with Crippen LogP contribution in [0.4, 0.5) is 8.78 Å². The normalized spacial score (nSPS) is 11.2. The molecule has 0 aliphatic heterocycles. The summed E-state index contributed by atoms with van der Waals surface area (Å²) in [4.78, 5) is 16.4. The third kappa shape index (κ3) is 7.01. The van der Waals surface area contributed by atoms with Crippen LogP contribution < -0.4 is 10.1 Å². The lowest BCUT2D eigenvalue weighted by Crippen LogP contribution is -2.36. The van der Waals surface area contributed by atoms with Crippen LogP contribution in [-0.4, -0.2) is 31.4 Å². The van der Waals surface area contributed by atoms with Crippen molar-refractivity contribution in [2.45, 2.75) is 39.3 Å². The maximum absolute atomic E-state index is 12.0. The monoisotopic (exact) mass is 314 g/mol. The average molecular weight is 314 g/mol. The predicted octanol–water partition coefficient (Wildman–Crippen LogP) is 2.94. The van der Waals surface area contributed by atoms with Crippen LogP contribution in [0.25, 0.3) is 0 Å². The first kappa shape index (κ1) is 17.9. The van der Waals surface area contributed by atoms with Gasteiger partial charge in [0.15, 0.2) is 6.61 Å². The number of halogens is 2. The molecule has 7 heteroatoms. The highest BCUT2D eigenvalue weighted by Crippen LogP contribution is 2.13. The van der Waals surface area contributed by atoms with Gasteiger partial charge in [-0.3, -0.25) is 4.79 Å². The van der Waals surface area contributed by atoms with E-state index in [1.54, 1.807) is 12.1 Å². The second-order valence-electron chi connectivity index (χ2n) is 4.54. The van der Waals surface area contributed by atoms with E-state index in [4.69, 9.17) is 4.84 Å². The highest BCUT2D eigenvalue weighted by molar-refractivity contribution is 5.80. The van der Waals surface area contributed by atoms with Gasteiger partial charge in [0, 0.05) is 6.04 Å². The van der Waals surface area contributed by atoms with Gasteiger partial charge in [0.2, 0.25) is 0 Å². The van der Waals surface area contributed by atoms with Crippen LogP contribution in [0.3, 0.4) is 0 Å². The molecule has 0 spiro atoms. The predicted molar refractivity (Wildman–Crippen MR) is 79.1 cm³/mol. The average Bonchev–Trinajstić information content (AvgIpc) is 2.50. The molecule has 22 heavy (non-hydrogen) atoms. The SMILES string of the molecule is CCC(CC)NC(=O)CO/N=C\c1ccc(OC(F)F)cc1. The number of alkyl halides is 2. The number of ether oxygens (including phenoxy) is 1. The zero-order valence-electron chi connectivity index (χ0n) is 12.6. The van der Waals surface area contributed by atoms with Crippen molar-refractivity contribution in [2.75, 3.05) is 6.61 Å². The van der Waals surface area contributed by atoms with Gasteiger partial charge in [-0.25, -0.2) is 0 Å². The van der Waals surface area contributed by atoms with Gasteiger partial charge in [-0.1, -0.05) is 19.0 Å². The lowest BCUT2D eigenvalue weighted by atomic mass is 10.2. The fourth-order valence-corrected chi connectivity index (χ4v) is 1.69. The Morgan fingerprint density at radius 1 is 1.27 bits per heavy atom. The molecular weight excluding hydrogens is 294 g/mol. The maximum atomic E-state index is 12.0. The Hall–Kier alpha value is -2.18. The van der Waals surface area contributed by atoms with Crippen LogP contribution in [0.5, 0.6) is 5.75 Å². The Kier molecular flexibility index (Phi) is 7.88. The van der Waals surface area contributed by atoms with Crippen LogP contribution in [0, 0.1) is 0 Å². The molecule has 122 valence electrons. The standard InChI is InChI=1S/C15H20F2N2O3/c1-3-12(4-2)19-14(20)10-21-18-9-11-5-7-13(8-6-11)22-15(16)17/h5-9,12,15H,3-4,10H2,1-2H3,(H,19,20)/b18-9-. The molecule has 0 fully saturated rings. The molecule has 1 aromatic carbocycles. The van der Waals surface area contributed by atoms with Crippen LogP contribution in [0.1, 0.15) is 32.3 Å². The van der Waals surface area contributed by atoms with Gasteiger partial charge in [0.1, 0.15) is 5.75 Å². The van der Waals surface area contributed by atoms with Gasteiger partial charge in [-0.2, -0.15) is 8.78 Å². The Morgan fingerprint density at radius 2 is 1.91 bits per heavy atom. The molecule has 1 N–H and O–H groups in total. The van der Waals surface area contributed by atoms with Crippen molar-refractivity contribution in [2.24, 2.45) is 5.16 Å². The molecule has 0 aromatic heterocycles. The molecule has 0 aliphatic rings. The Morgan fingerprint density at radius 3 is 2.45 bits per heavy atom. The maximum Gasteiger partial charge on any atom is 0.387 e. The third-order valence-electron chi connectivity index (χ3n) is 2.93. The summed E-state index contributed by atoms with van der Waals surface area (Å²) in [5, 5.41) is 6.47. The van der Waals surface area contributed by atoms with Crippen LogP contribution in [0.15, 0.2) is 29.4 Å². The topological polar surface area (TPSA) is 59.9 Å². The molecule has 5 nitrogen and oxygen atoms in total. The summed E-state index contributed by atoms with van der Waals surface area (Å²) < 4.78 is 28.2. The summed E-state index contributed by atoms with van der Waals surface area (Å²) in [6, 6.07) is 6.03. The molecule has 0 saturated carbocycles. The number of hydrogen-bond donors (Lipinski definition) is 1. The number of amides is 1. The zero-order chi connectivity index (χ0) is 16.4. The van der Waals surface area contributed by atoms with E-state index in [0.29, 0.717) is 5.56 Å². The van der Waals surface area contributed by atoms with Crippen molar-refractivity contribution in [3.8, 4) is 5.75 Å². The van der Waals surface area contributed by atoms with Crippen molar-refractivity contribution in [3.05, 3.63) is 29.8 Å². The van der Waals surface area contributed by atoms with Crippen molar-refractivity contribution in [1.82, 2.24) is 5.32 Å². The Labute approximate surface area is 128 Å². The quantitative estimate of drug-likeness (QED) is 0.563. The Bertz CT molecular complexity index is 474. The minimum absolute atomic E-state index is 0.0672. The zero-order valence-corrected chi connectivity index (χ0v) is 12.6. The molecule has 0 atom stereocenters. The number of carbonyl (C=O) groups excluding carboxylic acids is 1. The summed E-state index contributed by atoms with van der Waals surface area (Å²) in [6.45, 7) is 0.972. The fraction of sp³-hybridized carbons (Fsp3) is 0.467. The van der Waals surface area contributed by atoms with Crippen LogP contribution >= 0.6 is 0 Å². The second kappa shape index (κ2) is 9.70. The number of oxime groups is 1. The first-order valence-corrected chi connectivity index (χ1v) is 7.04. The lowest BCUT2D eigenvalue weighted by Gasteiger charge is -2.13. The number of benzene rings is 1. The summed E-state index contributed by atoms with van der Waals surface area (Å²) in [7, 11) is 0. The number of nitrogens with zero attached hydrogens (tertiary/aromatic N) is 1. The number of nitrogens with one attached hydrogen (secondary N) is 1. The largest absolute Gasteiger partial charge is 0.435 e. The lowest BCUT2D eigenvalue weighted by molar-refractivity contribution is -0.126. The molecule has 0 bridgehead atoms. The molecule has 0 heterocycles. The van der Waals surface area contributed by atoms with E-state index in [1.807, 2.05) is 13.8 Å². The minimum Gasteiger partial charge on any atom is -0.435 e. The molecule has 0 radical (unpaired) electrons. The molecule has 1 rings (SSSR count). The molecule has 1 amide bonds. The number of rotatable bonds is 9. The van der Waals surface area contributed by atoms with Gasteiger partial charge in [-0.15, -0.1) is 0 Å². The van der Waals surface area contributed by atoms with Crippen molar-refractivity contribution in [3.63, 3.8) is 0 Å². The Balaban J connectivity index is 2.35. The molecule has 1 aromatic rings. The fourth-order valence-electron chi connectivity index (χ4n) is 1.69. The van der Waals surface area contributed by atoms with Crippen molar-refractivity contribution >= 4 is 12.1 Å². The van der Waals surface area contributed by atoms with E-state index in [-0.39, 0.29) is 24.3 Å². The van der Waals surface area contributed by atoms with E-state index in [1.165, 1.54) is 18.3 Å². The van der Waals surface area contributed by atoms with Crippen molar-refractivity contribution in [1.29, 1.82) is 0 Å². The minimum atomic E-state index is -2.85. The molecule has 0 unspecified atom stereocenters. The van der Waals surface area contributed by atoms with Gasteiger partial charge < -0.3 is 14.9 Å². The van der Waals surface area contributed by atoms with Crippen molar-refractivity contribution < 1.29 is 23.1 Å². The van der Waals surface area contributed by atoms with Gasteiger partial charge in [0.05, 0.1) is 6.21 Å². The molecule has 0 saturated heterocycles. The molecule has 0 aliphatic carbocycles. The first-order valence-electron chi connectivity index (χ1n) is 7.04. The van der Waals surface area contributed by atoms with Gasteiger partial charge in [-0.05, 0) is 42.7 Å². The number of carbonyl (C=O) groups is 1. The van der Waals surface area contributed by atoms with E-state index in [0.717, 1.165) is 12.8 Å². The van der Waals surface area contributed by atoms with Gasteiger partial charge in [0.25, 0.3) is 5.91 Å². The smallest absolute Gasteiger partial charge is 0.387 e. The van der Waals surface area contributed by atoms with E-state index in [2.05, 4.69) is 15.2 Å².